The second-order valence-electron chi connectivity index (χ2n) is 4.24. The highest BCUT2D eigenvalue weighted by atomic mass is 32.3. The first-order valence-electron chi connectivity index (χ1n) is 5.16. The number of hydrogen-bond donors (Lipinski definition) is 0. The Bertz CT molecular complexity index is 348. The first-order chi connectivity index (χ1) is 7.30. The van der Waals surface area contributed by atoms with E-state index in [2.05, 4.69) is 0 Å². The molecule has 1 rings (SSSR count). The Morgan fingerprint density at radius 2 is 1.88 bits per heavy atom. The van der Waals surface area contributed by atoms with Crippen molar-refractivity contribution in [3.63, 3.8) is 0 Å². The Morgan fingerprint density at radius 3 is 2.25 bits per heavy atom. The maximum Gasteiger partial charge on any atom is 0.305 e. The number of likely N-dealkylation sites (N-methyl/N-ethyl adjacent to an activating group) is 1. The molecule has 0 unspecified atom stereocenters. The minimum absolute atomic E-state index is 0.0263. The predicted molar refractivity (Wildman–Crippen MR) is 58.2 cm³/mol. The molecule has 1 aliphatic heterocycles. The van der Waals surface area contributed by atoms with Crippen LogP contribution in [0.5, 0.6) is 0 Å². The molecule has 0 aromatic carbocycles. The molecule has 5 nitrogen and oxygen atoms in total. The molecule has 0 atom stereocenters. The lowest BCUT2D eigenvalue weighted by atomic mass is 10.1. The summed E-state index contributed by atoms with van der Waals surface area (Å²) in [5.74, 6) is -0.0263. The molecule has 16 heavy (non-hydrogen) atoms. The molecule has 0 N–H and O–H groups in total. The van der Waals surface area contributed by atoms with Gasteiger partial charge in [0, 0.05) is 27.2 Å². The standard InChI is InChI=1S/C9H17FN2O3S/c1-11(2)9(13)7-12-5-3-8(4-6-12)16(10,14)15/h8H,3-7H2,1-2H3. The van der Waals surface area contributed by atoms with E-state index >= 15 is 0 Å². The van der Waals surface area contributed by atoms with Gasteiger partial charge < -0.3 is 4.90 Å². The Hall–Kier alpha value is -0.690. The molecular formula is C9H17FN2O3S. The maximum atomic E-state index is 12.7. The van der Waals surface area contributed by atoms with Crippen molar-refractivity contribution in [1.29, 1.82) is 0 Å². The molecule has 1 saturated heterocycles. The van der Waals surface area contributed by atoms with E-state index in [-0.39, 0.29) is 25.3 Å². The molecule has 0 spiro atoms. The van der Waals surface area contributed by atoms with Gasteiger partial charge in [0.15, 0.2) is 0 Å². The monoisotopic (exact) mass is 252 g/mol. The summed E-state index contributed by atoms with van der Waals surface area (Å²) in [5.41, 5.74) is 0. The second-order valence-corrected chi connectivity index (χ2v) is 5.86. The number of rotatable bonds is 3. The Kier molecular flexibility index (Phi) is 4.26. The van der Waals surface area contributed by atoms with E-state index in [4.69, 9.17) is 0 Å². The van der Waals surface area contributed by atoms with Crippen LogP contribution >= 0.6 is 0 Å². The van der Waals surface area contributed by atoms with Gasteiger partial charge in [0.25, 0.3) is 0 Å². The number of piperidine rings is 1. The minimum Gasteiger partial charge on any atom is -0.348 e. The largest absolute Gasteiger partial charge is 0.348 e. The minimum atomic E-state index is -4.42. The zero-order chi connectivity index (χ0) is 12.3. The van der Waals surface area contributed by atoms with Gasteiger partial charge in [-0.25, -0.2) is 0 Å². The lowest BCUT2D eigenvalue weighted by Crippen LogP contribution is -2.43. The van der Waals surface area contributed by atoms with Crippen molar-refractivity contribution in [2.75, 3.05) is 33.7 Å². The third-order valence-corrected chi connectivity index (χ3v) is 4.06. The van der Waals surface area contributed by atoms with Gasteiger partial charge in [-0.05, 0) is 12.8 Å². The molecule has 0 aromatic heterocycles. The number of halogens is 1. The predicted octanol–water partition coefficient (Wildman–Crippen LogP) is -0.162. The topological polar surface area (TPSA) is 57.7 Å². The van der Waals surface area contributed by atoms with Crippen molar-refractivity contribution in [2.24, 2.45) is 0 Å². The fourth-order valence-corrected chi connectivity index (χ4v) is 2.46. The van der Waals surface area contributed by atoms with E-state index < -0.39 is 15.5 Å². The fourth-order valence-electron chi connectivity index (χ4n) is 1.68. The van der Waals surface area contributed by atoms with E-state index in [0.29, 0.717) is 13.1 Å². The van der Waals surface area contributed by atoms with Crippen LogP contribution in [0.15, 0.2) is 0 Å². The van der Waals surface area contributed by atoms with Crippen LogP contribution in [-0.4, -0.2) is 63.1 Å². The van der Waals surface area contributed by atoms with Crippen LogP contribution in [0, 0.1) is 0 Å². The van der Waals surface area contributed by atoms with Gasteiger partial charge in [-0.1, -0.05) is 0 Å². The summed E-state index contributed by atoms with van der Waals surface area (Å²) >= 11 is 0. The van der Waals surface area contributed by atoms with Crippen molar-refractivity contribution >= 4 is 16.1 Å². The summed E-state index contributed by atoms with van der Waals surface area (Å²) in [6.45, 7) is 1.17. The van der Waals surface area contributed by atoms with Crippen molar-refractivity contribution in [1.82, 2.24) is 9.80 Å². The second kappa shape index (κ2) is 5.09. The highest BCUT2D eigenvalue weighted by Crippen LogP contribution is 2.18. The van der Waals surface area contributed by atoms with Crippen LogP contribution in [0.2, 0.25) is 0 Å². The van der Waals surface area contributed by atoms with E-state index in [1.807, 2.05) is 4.90 Å². The number of hydrogen-bond acceptors (Lipinski definition) is 4. The summed E-state index contributed by atoms with van der Waals surface area (Å²) in [6.07, 6.45) is 0.527. The molecule has 0 aliphatic carbocycles. The van der Waals surface area contributed by atoms with Crippen molar-refractivity contribution in [3.05, 3.63) is 0 Å². The molecule has 1 heterocycles. The molecule has 0 saturated carbocycles. The zero-order valence-corrected chi connectivity index (χ0v) is 10.3. The van der Waals surface area contributed by atoms with Crippen LogP contribution in [0.1, 0.15) is 12.8 Å². The quantitative estimate of drug-likeness (QED) is 0.655. The lowest BCUT2D eigenvalue weighted by molar-refractivity contribution is -0.130. The third-order valence-electron chi connectivity index (χ3n) is 2.79. The van der Waals surface area contributed by atoms with Crippen molar-refractivity contribution < 1.29 is 17.1 Å². The summed E-state index contributed by atoms with van der Waals surface area (Å²) in [7, 11) is -1.08. The Labute approximate surface area is 95.4 Å². The molecule has 0 radical (unpaired) electrons. The highest BCUT2D eigenvalue weighted by Gasteiger charge is 2.30. The molecule has 1 aliphatic rings. The third kappa shape index (κ3) is 3.71. The lowest BCUT2D eigenvalue weighted by Gasteiger charge is -2.30. The van der Waals surface area contributed by atoms with Gasteiger partial charge in [0.1, 0.15) is 0 Å². The van der Waals surface area contributed by atoms with Gasteiger partial charge in [-0.15, -0.1) is 3.89 Å². The number of likely N-dealkylation sites (tertiary alicyclic amines) is 1. The van der Waals surface area contributed by atoms with E-state index in [1.54, 1.807) is 14.1 Å². The summed E-state index contributed by atoms with van der Waals surface area (Å²) in [6, 6.07) is 0. The van der Waals surface area contributed by atoms with Gasteiger partial charge in [0.05, 0.1) is 11.8 Å². The van der Waals surface area contributed by atoms with E-state index in [0.717, 1.165) is 0 Å². The van der Waals surface area contributed by atoms with Crippen LogP contribution < -0.4 is 0 Å². The van der Waals surface area contributed by atoms with Gasteiger partial charge >= 0.3 is 10.2 Å². The molecule has 0 aromatic rings. The van der Waals surface area contributed by atoms with Gasteiger partial charge in [-0.3, -0.25) is 9.69 Å². The molecule has 94 valence electrons. The summed E-state index contributed by atoms with van der Waals surface area (Å²) in [4.78, 5) is 14.7. The van der Waals surface area contributed by atoms with E-state index in [9.17, 15) is 17.1 Å². The molecule has 1 amide bonds. The number of nitrogens with zero attached hydrogens (tertiary/aromatic N) is 2. The molecule has 1 fully saturated rings. The van der Waals surface area contributed by atoms with Crippen molar-refractivity contribution in [3.8, 4) is 0 Å². The summed E-state index contributed by atoms with van der Waals surface area (Å²) in [5, 5.41) is -0.891. The Balaban J connectivity index is 2.41. The number of amides is 1. The number of carbonyl (C=O) groups excluding carboxylic acids is 1. The van der Waals surface area contributed by atoms with Crippen LogP contribution in [0.25, 0.3) is 0 Å². The normalized spacial score (nSPS) is 19.7. The smallest absolute Gasteiger partial charge is 0.305 e. The fraction of sp³-hybridized carbons (Fsp3) is 0.889. The highest BCUT2D eigenvalue weighted by molar-refractivity contribution is 7.87. The molecular weight excluding hydrogens is 235 g/mol. The first kappa shape index (κ1) is 13.4. The molecule has 7 heteroatoms. The zero-order valence-electron chi connectivity index (χ0n) is 9.52. The number of carbonyl (C=O) groups is 1. The van der Waals surface area contributed by atoms with E-state index in [1.165, 1.54) is 4.90 Å². The SMILES string of the molecule is CN(C)C(=O)CN1CCC(S(=O)(=O)F)CC1. The van der Waals surface area contributed by atoms with Gasteiger partial charge in [-0.2, -0.15) is 8.42 Å². The maximum absolute atomic E-state index is 12.7. The average molecular weight is 252 g/mol. The summed E-state index contributed by atoms with van der Waals surface area (Å²) < 4.78 is 34.0. The van der Waals surface area contributed by atoms with Gasteiger partial charge in [0.2, 0.25) is 5.91 Å². The Morgan fingerprint density at radius 1 is 1.38 bits per heavy atom. The molecule has 0 bridgehead atoms. The van der Waals surface area contributed by atoms with Crippen molar-refractivity contribution in [2.45, 2.75) is 18.1 Å². The van der Waals surface area contributed by atoms with Crippen LogP contribution in [0.3, 0.4) is 0 Å². The van der Waals surface area contributed by atoms with Crippen LogP contribution in [-0.2, 0) is 15.0 Å². The average Bonchev–Trinajstić information content (AvgIpc) is 2.17. The van der Waals surface area contributed by atoms with Crippen LogP contribution in [0.4, 0.5) is 3.89 Å². The first-order valence-corrected chi connectivity index (χ1v) is 6.61.